The summed E-state index contributed by atoms with van der Waals surface area (Å²) >= 11 is 0. The third-order valence-corrected chi connectivity index (χ3v) is 4.13. The Kier molecular flexibility index (Phi) is 5.21. The Morgan fingerprint density at radius 2 is 2.00 bits per heavy atom. The predicted octanol–water partition coefficient (Wildman–Crippen LogP) is 3.26. The summed E-state index contributed by atoms with van der Waals surface area (Å²) in [6.45, 7) is 9.85. The minimum atomic E-state index is 0.836. The molecule has 1 aliphatic heterocycles. The molecule has 0 bridgehead atoms. The van der Waals surface area contributed by atoms with Gasteiger partial charge in [-0.15, -0.1) is 0 Å². The zero-order valence-electron chi connectivity index (χ0n) is 13.4. The van der Waals surface area contributed by atoms with Gasteiger partial charge in [-0.1, -0.05) is 20.3 Å². The number of aromatic nitrogens is 2. The number of anilines is 2. The molecule has 0 N–H and O–H groups in total. The van der Waals surface area contributed by atoms with Gasteiger partial charge in [-0.05, 0) is 32.1 Å². The van der Waals surface area contributed by atoms with Crippen LogP contribution in [0, 0.1) is 12.8 Å². The van der Waals surface area contributed by atoms with Crippen molar-refractivity contribution in [3.63, 3.8) is 0 Å². The maximum atomic E-state index is 4.78. The third kappa shape index (κ3) is 3.84. The molecule has 1 aliphatic rings. The molecular formula is C16H28N4. The molecule has 1 aromatic rings. The van der Waals surface area contributed by atoms with Gasteiger partial charge in [0.1, 0.15) is 5.82 Å². The minimum absolute atomic E-state index is 0.836. The summed E-state index contributed by atoms with van der Waals surface area (Å²) in [5, 5.41) is 0. The second-order valence-electron chi connectivity index (χ2n) is 6.11. The van der Waals surface area contributed by atoms with Crippen molar-refractivity contribution in [2.24, 2.45) is 5.92 Å². The lowest BCUT2D eigenvalue weighted by Crippen LogP contribution is -2.34. The Morgan fingerprint density at radius 1 is 1.30 bits per heavy atom. The molecule has 0 spiro atoms. The molecular weight excluding hydrogens is 248 g/mol. The molecule has 1 fully saturated rings. The quantitative estimate of drug-likeness (QED) is 0.826. The zero-order valence-corrected chi connectivity index (χ0v) is 13.4. The Bertz CT molecular complexity index is 424. The molecule has 0 aromatic carbocycles. The van der Waals surface area contributed by atoms with Gasteiger partial charge in [-0.3, -0.25) is 0 Å². The highest BCUT2D eigenvalue weighted by Crippen LogP contribution is 2.22. The number of nitrogens with zero attached hydrogens (tertiary/aromatic N) is 4. The summed E-state index contributed by atoms with van der Waals surface area (Å²) in [6, 6.07) is 2.09. The van der Waals surface area contributed by atoms with Crippen molar-refractivity contribution in [1.29, 1.82) is 0 Å². The van der Waals surface area contributed by atoms with E-state index in [1.807, 2.05) is 0 Å². The van der Waals surface area contributed by atoms with Crippen LogP contribution in [0.25, 0.3) is 0 Å². The molecule has 0 aliphatic carbocycles. The topological polar surface area (TPSA) is 32.3 Å². The fraction of sp³-hybridized carbons (Fsp3) is 0.750. The van der Waals surface area contributed by atoms with Gasteiger partial charge in [0.05, 0.1) is 0 Å². The second-order valence-corrected chi connectivity index (χ2v) is 6.11. The van der Waals surface area contributed by atoms with Crippen molar-refractivity contribution in [3.8, 4) is 0 Å². The first-order chi connectivity index (χ1) is 9.60. The molecule has 1 aromatic heterocycles. The number of hydrogen-bond acceptors (Lipinski definition) is 4. The van der Waals surface area contributed by atoms with Crippen molar-refractivity contribution in [1.82, 2.24) is 9.97 Å². The highest BCUT2D eigenvalue weighted by Gasteiger charge is 2.19. The Labute approximate surface area is 123 Å². The van der Waals surface area contributed by atoms with Crippen LogP contribution >= 0.6 is 0 Å². The van der Waals surface area contributed by atoms with Crippen LogP contribution in [0.15, 0.2) is 6.07 Å². The van der Waals surface area contributed by atoms with Gasteiger partial charge in [0, 0.05) is 38.4 Å². The van der Waals surface area contributed by atoms with E-state index >= 15 is 0 Å². The van der Waals surface area contributed by atoms with Gasteiger partial charge in [0.25, 0.3) is 0 Å². The van der Waals surface area contributed by atoms with Crippen LogP contribution in [0.3, 0.4) is 0 Å². The van der Waals surface area contributed by atoms with E-state index in [-0.39, 0.29) is 0 Å². The lowest BCUT2D eigenvalue weighted by Gasteiger charge is -2.31. The predicted molar refractivity (Wildman–Crippen MR) is 85.6 cm³/mol. The Morgan fingerprint density at radius 3 is 2.65 bits per heavy atom. The summed E-state index contributed by atoms with van der Waals surface area (Å²) < 4.78 is 0. The van der Waals surface area contributed by atoms with E-state index in [9.17, 15) is 0 Å². The Hall–Kier alpha value is -1.32. The number of aryl methyl sites for hydroxylation is 1. The van der Waals surface area contributed by atoms with Crippen LogP contribution in [0.1, 0.15) is 45.2 Å². The van der Waals surface area contributed by atoms with Crippen molar-refractivity contribution >= 4 is 11.8 Å². The molecule has 4 heteroatoms. The van der Waals surface area contributed by atoms with Gasteiger partial charge in [0.15, 0.2) is 0 Å². The van der Waals surface area contributed by atoms with Crippen LogP contribution in [0.5, 0.6) is 0 Å². The Balaban J connectivity index is 2.11. The molecule has 1 saturated heterocycles. The fourth-order valence-corrected chi connectivity index (χ4v) is 2.59. The number of hydrogen-bond donors (Lipinski definition) is 0. The van der Waals surface area contributed by atoms with E-state index in [0.717, 1.165) is 43.0 Å². The lowest BCUT2D eigenvalue weighted by molar-refractivity contribution is 0.434. The van der Waals surface area contributed by atoms with Gasteiger partial charge in [0.2, 0.25) is 5.95 Å². The first-order valence-corrected chi connectivity index (χ1v) is 7.92. The molecule has 112 valence electrons. The van der Waals surface area contributed by atoms with E-state index in [0.29, 0.717) is 0 Å². The third-order valence-electron chi connectivity index (χ3n) is 4.13. The SMILES string of the molecule is CCCCN(C)c1cc(C)nc(N2CCC(C)CC2)n1. The van der Waals surface area contributed by atoms with E-state index in [4.69, 9.17) is 4.98 Å². The van der Waals surface area contributed by atoms with Crippen molar-refractivity contribution in [3.05, 3.63) is 11.8 Å². The molecule has 2 heterocycles. The second kappa shape index (κ2) is 6.91. The van der Waals surface area contributed by atoms with Crippen LogP contribution < -0.4 is 9.80 Å². The molecule has 20 heavy (non-hydrogen) atoms. The molecule has 0 amide bonds. The zero-order chi connectivity index (χ0) is 14.5. The lowest BCUT2D eigenvalue weighted by atomic mass is 10.00. The van der Waals surface area contributed by atoms with E-state index in [1.54, 1.807) is 0 Å². The van der Waals surface area contributed by atoms with Crippen molar-refractivity contribution < 1.29 is 0 Å². The van der Waals surface area contributed by atoms with Gasteiger partial charge < -0.3 is 9.80 Å². The first-order valence-electron chi connectivity index (χ1n) is 7.92. The highest BCUT2D eigenvalue weighted by molar-refractivity contribution is 5.45. The normalized spacial score (nSPS) is 16.5. The van der Waals surface area contributed by atoms with E-state index in [1.165, 1.54) is 25.7 Å². The number of piperidine rings is 1. The molecule has 0 atom stereocenters. The van der Waals surface area contributed by atoms with Crippen LogP contribution in [-0.2, 0) is 0 Å². The molecule has 4 nitrogen and oxygen atoms in total. The molecule has 0 saturated carbocycles. The average Bonchev–Trinajstić information content (AvgIpc) is 2.44. The summed E-state index contributed by atoms with van der Waals surface area (Å²) in [4.78, 5) is 14.0. The molecule has 2 rings (SSSR count). The van der Waals surface area contributed by atoms with Crippen LogP contribution in [0.2, 0.25) is 0 Å². The van der Waals surface area contributed by atoms with Gasteiger partial charge in [-0.2, -0.15) is 4.98 Å². The average molecular weight is 276 g/mol. The summed E-state index contributed by atoms with van der Waals surface area (Å²) in [6.07, 6.45) is 4.91. The van der Waals surface area contributed by atoms with Gasteiger partial charge in [-0.25, -0.2) is 4.98 Å². The standard InChI is InChI=1S/C16H28N4/c1-5-6-9-19(4)15-12-14(3)17-16(18-15)20-10-7-13(2)8-11-20/h12-13H,5-11H2,1-4H3. The highest BCUT2D eigenvalue weighted by atomic mass is 15.3. The molecule has 0 unspecified atom stereocenters. The summed E-state index contributed by atoms with van der Waals surface area (Å²) in [5.41, 5.74) is 1.06. The maximum absolute atomic E-state index is 4.78. The minimum Gasteiger partial charge on any atom is -0.360 e. The maximum Gasteiger partial charge on any atom is 0.227 e. The van der Waals surface area contributed by atoms with E-state index in [2.05, 4.69) is 48.7 Å². The van der Waals surface area contributed by atoms with Gasteiger partial charge >= 0.3 is 0 Å². The summed E-state index contributed by atoms with van der Waals surface area (Å²) in [5.74, 6) is 2.80. The first kappa shape index (κ1) is 15.1. The van der Waals surface area contributed by atoms with Crippen molar-refractivity contribution in [2.75, 3.05) is 36.5 Å². The monoisotopic (exact) mass is 276 g/mol. The molecule has 0 radical (unpaired) electrons. The number of unbranched alkanes of at least 4 members (excludes halogenated alkanes) is 1. The van der Waals surface area contributed by atoms with Crippen LogP contribution in [-0.4, -0.2) is 36.6 Å². The van der Waals surface area contributed by atoms with Crippen LogP contribution in [0.4, 0.5) is 11.8 Å². The number of rotatable bonds is 5. The smallest absolute Gasteiger partial charge is 0.227 e. The summed E-state index contributed by atoms with van der Waals surface area (Å²) in [7, 11) is 2.12. The fourth-order valence-electron chi connectivity index (χ4n) is 2.59. The largest absolute Gasteiger partial charge is 0.360 e. The van der Waals surface area contributed by atoms with Crippen molar-refractivity contribution in [2.45, 2.75) is 46.5 Å². The van der Waals surface area contributed by atoms with E-state index < -0.39 is 0 Å².